The van der Waals surface area contributed by atoms with Crippen LogP contribution < -0.4 is 14.4 Å². The Morgan fingerprint density at radius 2 is 1.80 bits per heavy atom. The van der Waals surface area contributed by atoms with Crippen LogP contribution in [0, 0.1) is 0 Å². The first kappa shape index (κ1) is 24.2. The molecule has 35 heavy (non-hydrogen) atoms. The highest BCUT2D eigenvalue weighted by molar-refractivity contribution is 6.51. The summed E-state index contributed by atoms with van der Waals surface area (Å²) in [5.41, 5.74) is 1.05. The van der Waals surface area contributed by atoms with Crippen LogP contribution in [0.2, 0.25) is 5.02 Å². The summed E-state index contributed by atoms with van der Waals surface area (Å²) in [6, 6.07) is 17.2. The van der Waals surface area contributed by atoms with Crippen molar-refractivity contribution in [3.63, 3.8) is 0 Å². The van der Waals surface area contributed by atoms with E-state index in [0.717, 1.165) is 6.42 Å². The Kier molecular flexibility index (Phi) is 6.98. The molecule has 0 radical (unpaired) electrons. The first-order valence-corrected chi connectivity index (χ1v) is 11.4. The van der Waals surface area contributed by atoms with Crippen molar-refractivity contribution in [2.75, 3.05) is 18.6 Å². The first-order valence-electron chi connectivity index (χ1n) is 11.0. The number of benzene rings is 3. The number of carbonyl (C=O) groups is 2. The Labute approximate surface area is 207 Å². The lowest BCUT2D eigenvalue weighted by molar-refractivity contribution is -0.132. The molecule has 1 atom stereocenters. The van der Waals surface area contributed by atoms with Gasteiger partial charge in [0.05, 0.1) is 30.4 Å². The van der Waals surface area contributed by atoms with Crippen molar-refractivity contribution in [3.05, 3.63) is 88.5 Å². The summed E-state index contributed by atoms with van der Waals surface area (Å²) in [4.78, 5) is 27.8. The zero-order valence-corrected chi connectivity index (χ0v) is 20.0. The molecule has 0 bridgehead atoms. The van der Waals surface area contributed by atoms with Crippen LogP contribution >= 0.6 is 11.6 Å². The Hall–Kier alpha value is -3.97. The van der Waals surface area contributed by atoms with Crippen LogP contribution in [0.5, 0.6) is 17.2 Å². The van der Waals surface area contributed by atoms with Gasteiger partial charge in [-0.25, -0.2) is 0 Å². The molecule has 1 saturated heterocycles. The summed E-state index contributed by atoms with van der Waals surface area (Å²) in [6.45, 7) is 2.47. The number of phenolic OH excluding ortho intramolecular Hbond substituents is 1. The van der Waals surface area contributed by atoms with E-state index in [1.54, 1.807) is 54.6 Å². The minimum absolute atomic E-state index is 0.0204. The van der Waals surface area contributed by atoms with Crippen molar-refractivity contribution in [2.45, 2.75) is 19.4 Å². The third-order valence-electron chi connectivity index (χ3n) is 5.65. The average molecular weight is 494 g/mol. The Morgan fingerprint density at radius 1 is 1.06 bits per heavy atom. The number of aliphatic hydroxyl groups is 1. The maximum Gasteiger partial charge on any atom is 0.300 e. The van der Waals surface area contributed by atoms with Gasteiger partial charge in [0.25, 0.3) is 11.7 Å². The van der Waals surface area contributed by atoms with Gasteiger partial charge in [-0.05, 0) is 48.4 Å². The second-order valence-corrected chi connectivity index (χ2v) is 8.34. The van der Waals surface area contributed by atoms with Crippen LogP contribution in [0.4, 0.5) is 5.69 Å². The number of carbonyl (C=O) groups excluding carboxylic acids is 2. The van der Waals surface area contributed by atoms with Gasteiger partial charge in [-0.1, -0.05) is 48.9 Å². The maximum atomic E-state index is 13.3. The molecule has 1 unspecified atom stereocenters. The molecule has 0 aromatic heterocycles. The van der Waals surface area contributed by atoms with Gasteiger partial charge in [0.15, 0.2) is 11.5 Å². The predicted octanol–water partition coefficient (Wildman–Crippen LogP) is 5.47. The molecule has 0 spiro atoms. The SMILES string of the molecule is CCCOc1cccc(/C(O)=C2\C(=O)C(=O)N(c3ccccc3)C2c2cc(Cl)c(O)c(OC)c2)c1. The quantitative estimate of drug-likeness (QED) is 0.257. The minimum atomic E-state index is -1.02. The van der Waals surface area contributed by atoms with Crippen LogP contribution in [0.15, 0.2) is 72.3 Å². The van der Waals surface area contributed by atoms with Crippen molar-refractivity contribution in [2.24, 2.45) is 0 Å². The molecule has 1 amide bonds. The molecule has 1 aliphatic rings. The van der Waals surface area contributed by atoms with E-state index in [1.807, 2.05) is 6.92 Å². The minimum Gasteiger partial charge on any atom is -0.507 e. The number of phenols is 1. The second kappa shape index (κ2) is 10.1. The molecule has 3 aromatic carbocycles. The second-order valence-electron chi connectivity index (χ2n) is 7.93. The molecule has 1 heterocycles. The van der Waals surface area contributed by atoms with Gasteiger partial charge in [-0.3, -0.25) is 14.5 Å². The number of aromatic hydroxyl groups is 1. The van der Waals surface area contributed by atoms with Crippen LogP contribution in [-0.4, -0.2) is 35.6 Å². The van der Waals surface area contributed by atoms with E-state index in [4.69, 9.17) is 21.1 Å². The average Bonchev–Trinajstić information content (AvgIpc) is 3.14. The molecule has 2 N–H and O–H groups in total. The highest BCUT2D eigenvalue weighted by Gasteiger charge is 2.47. The maximum absolute atomic E-state index is 13.3. The Morgan fingerprint density at radius 3 is 2.49 bits per heavy atom. The summed E-state index contributed by atoms with van der Waals surface area (Å²) in [5.74, 6) is -1.67. The van der Waals surface area contributed by atoms with Crippen molar-refractivity contribution >= 4 is 34.7 Å². The number of ether oxygens (including phenoxy) is 2. The smallest absolute Gasteiger partial charge is 0.300 e. The lowest BCUT2D eigenvalue weighted by atomic mass is 9.94. The molecule has 8 heteroatoms. The van der Waals surface area contributed by atoms with E-state index in [-0.39, 0.29) is 27.9 Å². The number of para-hydroxylation sites is 1. The summed E-state index contributed by atoms with van der Waals surface area (Å²) in [7, 11) is 1.37. The number of hydrogen-bond donors (Lipinski definition) is 2. The van der Waals surface area contributed by atoms with Crippen LogP contribution in [0.3, 0.4) is 0 Å². The Balaban J connectivity index is 1.94. The third-order valence-corrected chi connectivity index (χ3v) is 5.93. The molecule has 0 aliphatic carbocycles. The van der Waals surface area contributed by atoms with Crippen molar-refractivity contribution < 1.29 is 29.3 Å². The predicted molar refractivity (Wildman–Crippen MR) is 133 cm³/mol. The molecule has 7 nitrogen and oxygen atoms in total. The van der Waals surface area contributed by atoms with Gasteiger partial charge in [-0.2, -0.15) is 0 Å². The largest absolute Gasteiger partial charge is 0.507 e. The summed E-state index contributed by atoms with van der Waals surface area (Å²) < 4.78 is 10.9. The normalized spacial score (nSPS) is 17.0. The number of hydrogen-bond acceptors (Lipinski definition) is 6. The summed E-state index contributed by atoms with van der Waals surface area (Å²) >= 11 is 6.24. The van der Waals surface area contributed by atoms with Gasteiger partial charge in [0, 0.05) is 11.3 Å². The van der Waals surface area contributed by atoms with Crippen molar-refractivity contribution in [3.8, 4) is 17.2 Å². The van der Waals surface area contributed by atoms with Crippen molar-refractivity contribution in [1.82, 2.24) is 0 Å². The fourth-order valence-corrected chi connectivity index (χ4v) is 4.24. The van der Waals surface area contributed by atoms with E-state index in [0.29, 0.717) is 29.2 Å². The summed E-state index contributed by atoms with van der Waals surface area (Å²) in [6.07, 6.45) is 0.807. The number of aliphatic hydroxyl groups excluding tert-OH is 1. The Bertz CT molecular complexity index is 1300. The van der Waals surface area contributed by atoms with E-state index < -0.39 is 17.7 Å². The number of methoxy groups -OCH3 is 1. The molecule has 1 fully saturated rings. The topological polar surface area (TPSA) is 96.3 Å². The van der Waals surface area contributed by atoms with Gasteiger partial charge in [0.2, 0.25) is 0 Å². The van der Waals surface area contributed by atoms with Gasteiger partial charge >= 0.3 is 0 Å². The fraction of sp³-hybridized carbons (Fsp3) is 0.185. The molecule has 3 aromatic rings. The van der Waals surface area contributed by atoms with Gasteiger partial charge in [0.1, 0.15) is 11.5 Å². The van der Waals surface area contributed by atoms with Crippen LogP contribution in [-0.2, 0) is 9.59 Å². The lowest BCUT2D eigenvalue weighted by Gasteiger charge is -2.26. The zero-order valence-electron chi connectivity index (χ0n) is 19.2. The lowest BCUT2D eigenvalue weighted by Crippen LogP contribution is -2.29. The number of ketones is 1. The number of nitrogens with zero attached hydrogens (tertiary/aromatic N) is 1. The number of amides is 1. The third kappa shape index (κ3) is 4.55. The number of anilines is 1. The van der Waals surface area contributed by atoms with Gasteiger partial charge < -0.3 is 19.7 Å². The number of Topliss-reactive ketones (excluding diaryl/α,β-unsaturated/α-hetero) is 1. The van der Waals surface area contributed by atoms with E-state index >= 15 is 0 Å². The van der Waals surface area contributed by atoms with E-state index in [2.05, 4.69) is 0 Å². The zero-order chi connectivity index (χ0) is 25.1. The van der Waals surface area contributed by atoms with E-state index in [9.17, 15) is 19.8 Å². The monoisotopic (exact) mass is 493 g/mol. The standard InChI is InChI=1S/C27H24ClNO6/c1-3-12-35-19-11-7-8-16(13-19)24(30)22-23(17-14-20(28)25(31)21(15-17)34-2)29(27(33)26(22)32)18-9-5-4-6-10-18/h4-11,13-15,23,30-31H,3,12H2,1-2H3/b24-22+. The molecule has 0 saturated carbocycles. The van der Waals surface area contributed by atoms with Crippen molar-refractivity contribution in [1.29, 1.82) is 0 Å². The highest BCUT2D eigenvalue weighted by Crippen LogP contribution is 2.46. The molecule has 180 valence electrons. The number of rotatable bonds is 7. The van der Waals surface area contributed by atoms with Gasteiger partial charge in [-0.15, -0.1) is 0 Å². The molecule has 4 rings (SSSR count). The van der Waals surface area contributed by atoms with Crippen LogP contribution in [0.1, 0.15) is 30.5 Å². The van der Waals surface area contributed by atoms with Crippen LogP contribution in [0.25, 0.3) is 5.76 Å². The molecular formula is C27H24ClNO6. The fourth-order valence-electron chi connectivity index (χ4n) is 4.02. The summed E-state index contributed by atoms with van der Waals surface area (Å²) in [5, 5.41) is 21.5. The first-order chi connectivity index (χ1) is 16.9. The molecular weight excluding hydrogens is 470 g/mol. The van der Waals surface area contributed by atoms with E-state index in [1.165, 1.54) is 24.1 Å². The highest BCUT2D eigenvalue weighted by atomic mass is 35.5. The number of halogens is 1. The molecule has 1 aliphatic heterocycles.